The zero-order valence-corrected chi connectivity index (χ0v) is 16.5. The van der Waals surface area contributed by atoms with Gasteiger partial charge in [-0.1, -0.05) is 30.3 Å². The number of alkyl halides is 2. The second kappa shape index (κ2) is 10.5. The molecule has 10 heteroatoms. The lowest BCUT2D eigenvalue weighted by Gasteiger charge is -2.35. The van der Waals surface area contributed by atoms with Gasteiger partial charge in [-0.15, -0.1) is 0 Å². The van der Waals surface area contributed by atoms with Crippen molar-refractivity contribution in [2.45, 2.75) is 18.9 Å². The first kappa shape index (κ1) is 22.2. The summed E-state index contributed by atoms with van der Waals surface area (Å²) in [5.74, 6) is -2.30. The molecule has 1 atom stereocenters. The quantitative estimate of drug-likeness (QED) is 0.631. The summed E-state index contributed by atoms with van der Waals surface area (Å²) in [5.41, 5.74) is 5.32. The number of benzene rings is 2. The highest BCUT2D eigenvalue weighted by atomic mass is 19.3. The fourth-order valence-electron chi connectivity index (χ4n) is 3.12. The number of hydrogen-bond acceptors (Lipinski definition) is 4. The van der Waals surface area contributed by atoms with E-state index in [0.717, 1.165) is 5.56 Å². The average molecular weight is 432 g/mol. The van der Waals surface area contributed by atoms with Gasteiger partial charge >= 0.3 is 18.4 Å². The molecule has 2 aromatic rings. The third-order valence-corrected chi connectivity index (χ3v) is 4.70. The van der Waals surface area contributed by atoms with Gasteiger partial charge in [0.05, 0.1) is 19.3 Å². The van der Waals surface area contributed by atoms with E-state index in [4.69, 9.17) is 4.74 Å². The average Bonchev–Trinajstić information content (AvgIpc) is 2.78. The van der Waals surface area contributed by atoms with Crippen molar-refractivity contribution in [3.63, 3.8) is 0 Å². The predicted octanol–water partition coefficient (Wildman–Crippen LogP) is 2.19. The summed E-state index contributed by atoms with van der Waals surface area (Å²) < 4.78 is 29.9. The van der Waals surface area contributed by atoms with Gasteiger partial charge < -0.3 is 15.0 Å². The lowest BCUT2D eigenvalue weighted by molar-refractivity contribution is -0.132. The van der Waals surface area contributed by atoms with E-state index in [1.807, 2.05) is 23.6 Å². The van der Waals surface area contributed by atoms with Crippen LogP contribution < -0.4 is 16.2 Å². The van der Waals surface area contributed by atoms with Crippen LogP contribution in [0, 0.1) is 0 Å². The van der Waals surface area contributed by atoms with E-state index in [9.17, 15) is 23.2 Å². The molecule has 1 aliphatic heterocycles. The Kier molecular flexibility index (Phi) is 7.50. The van der Waals surface area contributed by atoms with Crippen molar-refractivity contribution in [2.75, 3.05) is 25.1 Å². The molecule has 3 rings (SSSR count). The zero-order chi connectivity index (χ0) is 22.2. The standard InChI is InChI=1S/C21H22F2N4O4/c22-18(23)20(29)26-25-19(28)15-8-6-14(7-9-15)12-17-13-31-11-10-27(17)21(30)24-16-4-2-1-3-5-16/h1-9,17-18H,10-13H2,(H,24,30)(H,25,28)(H,26,29). The summed E-state index contributed by atoms with van der Waals surface area (Å²) in [6.07, 6.45) is -2.71. The Morgan fingerprint density at radius 1 is 1.03 bits per heavy atom. The van der Waals surface area contributed by atoms with Gasteiger partial charge in [0.15, 0.2) is 0 Å². The van der Waals surface area contributed by atoms with Crippen LogP contribution >= 0.6 is 0 Å². The third-order valence-electron chi connectivity index (χ3n) is 4.70. The maximum absolute atomic E-state index is 12.7. The highest BCUT2D eigenvalue weighted by Crippen LogP contribution is 2.16. The second-order valence-corrected chi connectivity index (χ2v) is 6.86. The van der Waals surface area contributed by atoms with Crippen molar-refractivity contribution in [3.8, 4) is 0 Å². The molecular formula is C21H22F2N4O4. The molecule has 1 fully saturated rings. The summed E-state index contributed by atoms with van der Waals surface area (Å²) in [4.78, 5) is 37.2. The molecule has 0 radical (unpaired) electrons. The Morgan fingerprint density at radius 2 is 1.74 bits per heavy atom. The number of amides is 4. The minimum Gasteiger partial charge on any atom is -0.377 e. The molecule has 0 aromatic heterocycles. The third kappa shape index (κ3) is 6.22. The summed E-state index contributed by atoms with van der Waals surface area (Å²) in [6.45, 7) is 1.28. The van der Waals surface area contributed by atoms with Gasteiger partial charge in [0.1, 0.15) is 0 Å². The number of carbonyl (C=O) groups excluding carboxylic acids is 3. The van der Waals surface area contributed by atoms with E-state index in [1.54, 1.807) is 34.6 Å². The number of rotatable bonds is 5. The van der Waals surface area contributed by atoms with Crippen LogP contribution in [0.2, 0.25) is 0 Å². The van der Waals surface area contributed by atoms with Crippen LogP contribution in [0.3, 0.4) is 0 Å². The van der Waals surface area contributed by atoms with Crippen molar-refractivity contribution in [3.05, 3.63) is 65.7 Å². The van der Waals surface area contributed by atoms with Gasteiger partial charge in [0.2, 0.25) is 0 Å². The Morgan fingerprint density at radius 3 is 2.42 bits per heavy atom. The minimum absolute atomic E-state index is 0.192. The van der Waals surface area contributed by atoms with Gasteiger partial charge in [-0.2, -0.15) is 8.78 Å². The molecule has 0 spiro atoms. The summed E-state index contributed by atoms with van der Waals surface area (Å²) in [6, 6.07) is 15.2. The van der Waals surface area contributed by atoms with Crippen LogP contribution in [0.15, 0.2) is 54.6 Å². The van der Waals surface area contributed by atoms with Gasteiger partial charge in [-0.05, 0) is 36.2 Å². The molecule has 1 heterocycles. The molecule has 4 amide bonds. The van der Waals surface area contributed by atoms with Crippen molar-refractivity contribution in [1.29, 1.82) is 0 Å². The molecule has 1 saturated heterocycles. The maximum atomic E-state index is 12.7. The van der Waals surface area contributed by atoms with Crippen LogP contribution in [-0.2, 0) is 16.0 Å². The van der Waals surface area contributed by atoms with E-state index in [2.05, 4.69) is 5.32 Å². The smallest absolute Gasteiger partial charge is 0.322 e. The lowest BCUT2D eigenvalue weighted by atomic mass is 10.0. The fourth-order valence-corrected chi connectivity index (χ4v) is 3.12. The molecular weight excluding hydrogens is 410 g/mol. The van der Waals surface area contributed by atoms with E-state index < -0.39 is 18.2 Å². The maximum Gasteiger partial charge on any atom is 0.322 e. The van der Waals surface area contributed by atoms with Crippen LogP contribution in [0.25, 0.3) is 0 Å². The van der Waals surface area contributed by atoms with E-state index in [1.165, 1.54) is 12.1 Å². The molecule has 0 bridgehead atoms. The van der Waals surface area contributed by atoms with Crippen molar-refractivity contribution < 1.29 is 27.9 Å². The normalized spacial score (nSPS) is 16.0. The van der Waals surface area contributed by atoms with Gasteiger partial charge in [0, 0.05) is 17.8 Å². The first-order chi connectivity index (χ1) is 14.9. The number of urea groups is 1. The molecule has 3 N–H and O–H groups in total. The predicted molar refractivity (Wildman–Crippen MR) is 109 cm³/mol. The second-order valence-electron chi connectivity index (χ2n) is 6.86. The molecule has 164 valence electrons. The number of halogens is 2. The Hall–Kier alpha value is -3.53. The van der Waals surface area contributed by atoms with Crippen LogP contribution in [0.1, 0.15) is 15.9 Å². The van der Waals surface area contributed by atoms with Crippen LogP contribution in [-0.4, -0.2) is 55.0 Å². The first-order valence-corrected chi connectivity index (χ1v) is 9.61. The number of morpholine rings is 1. The minimum atomic E-state index is -3.22. The first-order valence-electron chi connectivity index (χ1n) is 9.61. The Balaban J connectivity index is 1.59. The number of nitrogens with one attached hydrogen (secondary N) is 3. The number of hydrazine groups is 1. The number of hydrogen-bond donors (Lipinski definition) is 3. The van der Waals surface area contributed by atoms with Crippen LogP contribution in [0.4, 0.5) is 19.3 Å². The Labute approximate surface area is 177 Å². The van der Waals surface area contributed by atoms with Crippen molar-refractivity contribution in [1.82, 2.24) is 15.8 Å². The number of carbonyl (C=O) groups is 3. The Bertz CT molecular complexity index is 909. The van der Waals surface area contributed by atoms with Gasteiger partial charge in [-0.3, -0.25) is 20.4 Å². The molecule has 1 aliphatic rings. The molecule has 31 heavy (non-hydrogen) atoms. The monoisotopic (exact) mass is 432 g/mol. The molecule has 2 aromatic carbocycles. The topological polar surface area (TPSA) is 99.8 Å². The van der Waals surface area contributed by atoms with E-state index in [-0.39, 0.29) is 17.6 Å². The fraction of sp³-hybridized carbons (Fsp3) is 0.286. The summed E-state index contributed by atoms with van der Waals surface area (Å²) in [7, 11) is 0. The number of para-hydroxylation sites is 1. The number of ether oxygens (including phenoxy) is 1. The van der Waals surface area contributed by atoms with Crippen molar-refractivity contribution >= 4 is 23.5 Å². The van der Waals surface area contributed by atoms with Crippen LogP contribution in [0.5, 0.6) is 0 Å². The van der Waals surface area contributed by atoms with E-state index >= 15 is 0 Å². The zero-order valence-electron chi connectivity index (χ0n) is 16.5. The molecule has 1 unspecified atom stereocenters. The molecule has 0 saturated carbocycles. The largest absolute Gasteiger partial charge is 0.377 e. The summed E-state index contributed by atoms with van der Waals surface area (Å²) >= 11 is 0. The van der Waals surface area contributed by atoms with Gasteiger partial charge in [0.25, 0.3) is 5.91 Å². The lowest BCUT2D eigenvalue weighted by Crippen LogP contribution is -2.51. The highest BCUT2D eigenvalue weighted by molar-refractivity contribution is 5.95. The number of nitrogens with zero attached hydrogens (tertiary/aromatic N) is 1. The molecule has 8 nitrogen and oxygen atoms in total. The summed E-state index contributed by atoms with van der Waals surface area (Å²) in [5, 5.41) is 2.87. The van der Waals surface area contributed by atoms with E-state index in [0.29, 0.717) is 31.9 Å². The van der Waals surface area contributed by atoms with Crippen molar-refractivity contribution in [2.24, 2.45) is 0 Å². The van der Waals surface area contributed by atoms with Gasteiger partial charge in [-0.25, -0.2) is 4.79 Å². The highest BCUT2D eigenvalue weighted by Gasteiger charge is 2.27. The SMILES string of the molecule is O=C(NNC(=O)C(F)F)c1ccc(CC2COCCN2C(=O)Nc2ccccc2)cc1. The molecule has 0 aliphatic carbocycles. The number of anilines is 1.